The van der Waals surface area contributed by atoms with E-state index in [9.17, 15) is 4.39 Å². The largest absolute Gasteiger partial charge is 0.280 e. The Hall–Kier alpha value is -2.01. The minimum absolute atomic E-state index is 0.208. The highest BCUT2D eigenvalue weighted by Gasteiger charge is 2.15. The molecule has 27 heavy (non-hydrogen) atoms. The molecule has 0 aliphatic carbocycles. The van der Waals surface area contributed by atoms with Crippen LogP contribution in [-0.2, 0) is 0 Å². The SMILES string of the molecule is CC[CH]C([CH]c1ccc(I)cc1F)N=C(c1ccccc1)c1ccccc1. The van der Waals surface area contributed by atoms with Gasteiger partial charge in [-0.15, -0.1) is 0 Å². The van der Waals surface area contributed by atoms with Crippen molar-refractivity contribution in [1.29, 1.82) is 0 Å². The molecule has 1 unspecified atom stereocenters. The van der Waals surface area contributed by atoms with Gasteiger partial charge in [-0.05, 0) is 46.7 Å². The number of halogens is 2. The van der Waals surface area contributed by atoms with Gasteiger partial charge in [-0.1, -0.05) is 80.1 Å². The van der Waals surface area contributed by atoms with Crippen molar-refractivity contribution in [3.05, 3.63) is 118 Å². The van der Waals surface area contributed by atoms with Gasteiger partial charge in [0, 0.05) is 21.1 Å². The molecule has 0 heterocycles. The first kappa shape index (κ1) is 19.7. The molecule has 0 amide bonds. The summed E-state index contributed by atoms with van der Waals surface area (Å²) in [5.74, 6) is -0.215. The first-order chi connectivity index (χ1) is 13.2. The van der Waals surface area contributed by atoms with Crippen LogP contribution in [0.4, 0.5) is 4.39 Å². The van der Waals surface area contributed by atoms with Gasteiger partial charge >= 0.3 is 0 Å². The van der Waals surface area contributed by atoms with Crippen LogP contribution in [-0.4, -0.2) is 11.8 Å². The lowest BCUT2D eigenvalue weighted by molar-refractivity contribution is 0.615. The fraction of sp³-hybridized carbons (Fsp3) is 0.125. The topological polar surface area (TPSA) is 12.4 Å². The quantitative estimate of drug-likeness (QED) is 0.277. The lowest BCUT2D eigenvalue weighted by Crippen LogP contribution is -2.14. The van der Waals surface area contributed by atoms with Gasteiger partial charge in [-0.3, -0.25) is 4.99 Å². The fourth-order valence-corrected chi connectivity index (χ4v) is 3.33. The number of benzene rings is 3. The lowest BCUT2D eigenvalue weighted by atomic mass is 9.99. The van der Waals surface area contributed by atoms with Crippen molar-refractivity contribution >= 4 is 28.3 Å². The van der Waals surface area contributed by atoms with Crippen molar-refractivity contribution < 1.29 is 4.39 Å². The molecule has 0 bridgehead atoms. The molecule has 0 saturated carbocycles. The predicted octanol–water partition coefficient (Wildman–Crippen LogP) is 6.50. The zero-order chi connectivity index (χ0) is 19.1. The van der Waals surface area contributed by atoms with E-state index in [2.05, 4.69) is 60.2 Å². The molecule has 0 aliphatic heterocycles. The fourth-order valence-electron chi connectivity index (χ4n) is 2.88. The maximum atomic E-state index is 14.3. The average molecular weight is 469 g/mol. The zero-order valence-electron chi connectivity index (χ0n) is 15.1. The van der Waals surface area contributed by atoms with E-state index in [4.69, 9.17) is 4.99 Å². The lowest BCUT2D eigenvalue weighted by Gasteiger charge is -2.16. The van der Waals surface area contributed by atoms with Gasteiger partial charge in [0.1, 0.15) is 5.82 Å². The molecular formula is C24H21FIN. The molecule has 3 aromatic carbocycles. The van der Waals surface area contributed by atoms with E-state index in [-0.39, 0.29) is 11.9 Å². The van der Waals surface area contributed by atoms with Gasteiger partial charge in [0.15, 0.2) is 0 Å². The molecule has 0 spiro atoms. The molecule has 136 valence electrons. The van der Waals surface area contributed by atoms with Gasteiger partial charge in [-0.2, -0.15) is 0 Å². The third-order valence-electron chi connectivity index (χ3n) is 4.16. The maximum absolute atomic E-state index is 14.3. The van der Waals surface area contributed by atoms with Gasteiger partial charge in [0.25, 0.3) is 0 Å². The first-order valence-corrected chi connectivity index (χ1v) is 10.1. The summed E-state index contributed by atoms with van der Waals surface area (Å²) in [6.07, 6.45) is 4.84. The molecule has 0 aliphatic rings. The van der Waals surface area contributed by atoms with Crippen LogP contribution in [0.1, 0.15) is 30.0 Å². The van der Waals surface area contributed by atoms with Crippen molar-refractivity contribution in [3.63, 3.8) is 0 Å². The molecule has 3 heteroatoms. The van der Waals surface area contributed by atoms with Crippen molar-refractivity contribution in [2.75, 3.05) is 0 Å². The van der Waals surface area contributed by atoms with Crippen LogP contribution in [0.3, 0.4) is 0 Å². The molecular weight excluding hydrogens is 448 g/mol. The van der Waals surface area contributed by atoms with E-state index < -0.39 is 0 Å². The second-order valence-corrected chi connectivity index (χ2v) is 7.42. The van der Waals surface area contributed by atoms with Crippen molar-refractivity contribution in [1.82, 2.24) is 0 Å². The Morgan fingerprint density at radius 2 is 1.56 bits per heavy atom. The highest BCUT2D eigenvalue weighted by Crippen LogP contribution is 2.20. The van der Waals surface area contributed by atoms with Crippen LogP contribution in [0.15, 0.2) is 83.9 Å². The molecule has 3 aromatic rings. The zero-order valence-corrected chi connectivity index (χ0v) is 17.3. The second-order valence-electron chi connectivity index (χ2n) is 6.18. The number of rotatable bonds is 7. The minimum Gasteiger partial charge on any atom is -0.280 e. The molecule has 3 rings (SSSR count). The van der Waals surface area contributed by atoms with E-state index >= 15 is 0 Å². The molecule has 0 saturated heterocycles. The second kappa shape index (κ2) is 9.79. The molecule has 0 aromatic heterocycles. The van der Waals surface area contributed by atoms with Crippen molar-refractivity contribution in [3.8, 4) is 0 Å². The average Bonchev–Trinajstić information content (AvgIpc) is 2.69. The molecule has 1 atom stereocenters. The Morgan fingerprint density at radius 3 is 2.07 bits per heavy atom. The van der Waals surface area contributed by atoms with Crippen molar-refractivity contribution in [2.24, 2.45) is 4.99 Å². The van der Waals surface area contributed by atoms with Gasteiger partial charge < -0.3 is 0 Å². The summed E-state index contributed by atoms with van der Waals surface area (Å²) in [4.78, 5) is 5.00. The molecule has 0 N–H and O–H groups in total. The van der Waals surface area contributed by atoms with Gasteiger partial charge in [-0.25, -0.2) is 4.39 Å². The Morgan fingerprint density at radius 1 is 0.963 bits per heavy atom. The normalized spacial score (nSPS) is 11.8. The Balaban J connectivity index is 1.99. The summed E-state index contributed by atoms with van der Waals surface area (Å²) >= 11 is 2.12. The van der Waals surface area contributed by atoms with Crippen LogP contribution in [0, 0.1) is 22.2 Å². The predicted molar refractivity (Wildman–Crippen MR) is 119 cm³/mol. The van der Waals surface area contributed by atoms with Crippen LogP contribution >= 0.6 is 22.6 Å². The van der Waals surface area contributed by atoms with Gasteiger partial charge in [0.2, 0.25) is 0 Å². The first-order valence-electron chi connectivity index (χ1n) is 8.99. The number of nitrogens with zero attached hydrogens (tertiary/aromatic N) is 1. The highest BCUT2D eigenvalue weighted by molar-refractivity contribution is 14.1. The number of hydrogen-bond acceptors (Lipinski definition) is 1. The maximum Gasteiger partial charge on any atom is 0.127 e. The summed E-state index contributed by atoms with van der Waals surface area (Å²) in [6, 6.07) is 25.3. The molecule has 1 nitrogen and oxygen atoms in total. The highest BCUT2D eigenvalue weighted by atomic mass is 127. The third-order valence-corrected chi connectivity index (χ3v) is 4.83. The molecule has 2 radical (unpaired) electrons. The van der Waals surface area contributed by atoms with Crippen molar-refractivity contribution in [2.45, 2.75) is 19.4 Å². The van der Waals surface area contributed by atoms with E-state index in [1.54, 1.807) is 6.07 Å². The summed E-state index contributed by atoms with van der Waals surface area (Å²) < 4.78 is 15.2. The molecule has 0 fully saturated rings. The van der Waals surface area contributed by atoms with E-state index in [0.29, 0.717) is 5.56 Å². The number of aliphatic imine (C=N–C) groups is 1. The Labute approximate surface area is 174 Å². The van der Waals surface area contributed by atoms with E-state index in [1.807, 2.05) is 55.0 Å². The van der Waals surface area contributed by atoms with E-state index in [1.165, 1.54) is 0 Å². The van der Waals surface area contributed by atoms with Gasteiger partial charge in [0.05, 0.1) is 11.8 Å². The Kier molecular flexibility index (Phi) is 7.16. The van der Waals surface area contributed by atoms with Crippen LogP contribution in [0.2, 0.25) is 0 Å². The Bertz CT molecular complexity index is 849. The summed E-state index contributed by atoms with van der Waals surface area (Å²) in [5.41, 5.74) is 3.59. The minimum atomic E-state index is -0.215. The van der Waals surface area contributed by atoms with E-state index in [0.717, 1.165) is 26.8 Å². The van der Waals surface area contributed by atoms with Crippen LogP contribution < -0.4 is 0 Å². The summed E-state index contributed by atoms with van der Waals surface area (Å²) in [6.45, 7) is 2.07. The summed E-state index contributed by atoms with van der Waals surface area (Å²) in [7, 11) is 0. The standard InChI is InChI=1S/C24H21FIN/c1-2-9-22(16-20-14-15-21(26)17-23(20)25)27-24(18-10-5-3-6-11-18)19-12-7-4-8-13-19/h3-17,22H,2H2,1H3. The third kappa shape index (κ3) is 5.48. The smallest absolute Gasteiger partial charge is 0.127 e. The number of hydrogen-bond donors (Lipinski definition) is 0. The van der Waals surface area contributed by atoms with Crippen LogP contribution in [0.5, 0.6) is 0 Å². The monoisotopic (exact) mass is 469 g/mol. The summed E-state index contributed by atoms with van der Waals surface area (Å²) in [5, 5.41) is 0. The van der Waals surface area contributed by atoms with Crippen LogP contribution in [0.25, 0.3) is 0 Å².